The number of hydrogen-bond donors (Lipinski definition) is 0. The summed E-state index contributed by atoms with van der Waals surface area (Å²) in [4.78, 5) is 0. The van der Waals surface area contributed by atoms with Gasteiger partial charge < -0.3 is 23.0 Å². The molecule has 3 rings (SSSR count). The second-order valence-corrected chi connectivity index (χ2v) is 20.6. The highest BCUT2D eigenvalue weighted by Crippen LogP contribution is 2.51. The molecule has 5 nitrogen and oxygen atoms in total. The van der Waals surface area contributed by atoms with E-state index in [9.17, 15) is 0 Å². The zero-order valence-corrected chi connectivity index (χ0v) is 29.1. The van der Waals surface area contributed by atoms with E-state index in [2.05, 4.69) is 127 Å². The summed E-state index contributed by atoms with van der Waals surface area (Å²) in [6, 6.07) is 10.8. The Balaban J connectivity index is 1.95. The van der Waals surface area contributed by atoms with Crippen LogP contribution in [0.4, 0.5) is 0 Å². The number of benzene rings is 1. The van der Waals surface area contributed by atoms with Crippen LogP contribution in [0.3, 0.4) is 0 Å². The van der Waals surface area contributed by atoms with Gasteiger partial charge in [-0.2, -0.15) is 0 Å². The van der Waals surface area contributed by atoms with Crippen molar-refractivity contribution >= 4 is 22.6 Å². The molecule has 0 aliphatic carbocycles. The summed E-state index contributed by atoms with van der Waals surface area (Å²) < 4.78 is 33.9. The van der Waals surface area contributed by atoms with Gasteiger partial charge in [0.05, 0.1) is 22.4 Å². The first-order valence-corrected chi connectivity index (χ1v) is 17.8. The number of rotatable bonds is 12. The summed E-state index contributed by atoms with van der Waals surface area (Å²) >= 11 is 0. The lowest BCUT2D eigenvalue weighted by Gasteiger charge is -2.42. The maximum absolute atomic E-state index is 6.98. The molecule has 0 aromatic heterocycles. The van der Waals surface area contributed by atoms with E-state index >= 15 is 0 Å². The van der Waals surface area contributed by atoms with Crippen molar-refractivity contribution in [2.75, 3.05) is 6.61 Å². The van der Waals surface area contributed by atoms with E-state index in [0.717, 1.165) is 19.4 Å². The average molecular weight is 573 g/mol. The molecule has 2 aliphatic rings. The van der Waals surface area contributed by atoms with Crippen LogP contribution >= 0.6 is 0 Å². The van der Waals surface area contributed by atoms with E-state index in [1.165, 1.54) is 5.56 Å². The summed E-state index contributed by atoms with van der Waals surface area (Å²) in [6.07, 6.45) is 1.89. The van der Waals surface area contributed by atoms with E-state index < -0.39 is 45.0 Å². The predicted octanol–water partition coefficient (Wildman–Crippen LogP) is 8.84. The lowest BCUT2D eigenvalue weighted by Crippen LogP contribution is -2.48. The Bertz CT molecular complexity index is 874. The van der Waals surface area contributed by atoms with Gasteiger partial charge in [0.1, 0.15) is 0 Å². The minimum atomic E-state index is -1.93. The molecule has 40 heavy (non-hydrogen) atoms. The molecular weight excluding hydrogens is 514 g/mol. The first kappa shape index (κ1) is 33.9. The highest BCUT2D eigenvalue weighted by molar-refractivity contribution is 6.77. The van der Waals surface area contributed by atoms with Gasteiger partial charge in [0.25, 0.3) is 0 Å². The molecule has 2 fully saturated rings. The molecule has 0 saturated carbocycles. The van der Waals surface area contributed by atoms with Crippen molar-refractivity contribution < 1.29 is 23.0 Å². The first-order valence-electron chi connectivity index (χ1n) is 15.7. The van der Waals surface area contributed by atoms with Gasteiger partial charge in [-0.1, -0.05) is 71.9 Å². The molecule has 0 N–H and O–H groups in total. The van der Waals surface area contributed by atoms with Crippen LogP contribution in [0.15, 0.2) is 30.3 Å². The Morgan fingerprint density at radius 1 is 0.650 bits per heavy atom. The normalized spacial score (nSPS) is 22.8. The van der Waals surface area contributed by atoms with Gasteiger partial charge in [-0.25, -0.2) is 0 Å². The fraction of sp³-hybridized carbons (Fsp3) is 0.812. The monoisotopic (exact) mass is 572 g/mol. The van der Waals surface area contributed by atoms with Crippen molar-refractivity contribution in [3.05, 3.63) is 35.9 Å². The topological polar surface area (TPSA) is 46.2 Å². The summed E-state index contributed by atoms with van der Waals surface area (Å²) in [7, 11) is -2.85. The summed E-state index contributed by atoms with van der Waals surface area (Å²) in [5.41, 5.74) is 1.05. The largest absolute Gasteiger partial charge is 0.459 e. The number of hydrogen-bond acceptors (Lipinski definition) is 5. The van der Waals surface area contributed by atoms with Crippen molar-refractivity contribution in [2.45, 2.75) is 160 Å². The molecular formula is C32H58B2O5Si. The summed E-state index contributed by atoms with van der Waals surface area (Å²) in [5, 5.41) is 0. The van der Waals surface area contributed by atoms with Crippen LogP contribution in [0.1, 0.15) is 121 Å². The molecule has 2 aliphatic heterocycles. The Morgan fingerprint density at radius 3 is 1.38 bits per heavy atom. The minimum absolute atomic E-state index is 0.113. The van der Waals surface area contributed by atoms with Crippen molar-refractivity contribution in [3.63, 3.8) is 0 Å². The van der Waals surface area contributed by atoms with Gasteiger partial charge >= 0.3 is 14.2 Å². The van der Waals surface area contributed by atoms with Crippen LogP contribution in [0, 0.1) is 0 Å². The van der Waals surface area contributed by atoms with E-state index in [4.69, 9.17) is 23.0 Å². The molecule has 226 valence electrons. The highest BCUT2D eigenvalue weighted by atomic mass is 28.4. The fourth-order valence-corrected chi connectivity index (χ4v) is 12.4. The van der Waals surface area contributed by atoms with Gasteiger partial charge in [-0.3, -0.25) is 0 Å². The lowest BCUT2D eigenvalue weighted by molar-refractivity contribution is 0.00578. The van der Waals surface area contributed by atoms with Crippen molar-refractivity contribution in [1.82, 2.24) is 0 Å². The standard InChI is InChI=1S/C32H58B2O5Si/c1-23(2)40(24(3)4,25(5)6)35-22-18-21-27(26-19-16-15-17-20-26)28(33-36-29(7,8)30(9,10)37-33)34-38-31(11,12)32(13,14)39-34/h15-17,19-20,23-25,27-28H,18,21-22H2,1-14H3. The van der Waals surface area contributed by atoms with Crippen molar-refractivity contribution in [2.24, 2.45) is 0 Å². The van der Waals surface area contributed by atoms with E-state index in [1.54, 1.807) is 0 Å². The maximum Gasteiger partial charge on any atom is 0.459 e. The third kappa shape index (κ3) is 6.47. The molecule has 2 saturated heterocycles. The zero-order valence-electron chi connectivity index (χ0n) is 28.1. The molecule has 0 amide bonds. The predicted molar refractivity (Wildman–Crippen MR) is 171 cm³/mol. The molecule has 0 bridgehead atoms. The van der Waals surface area contributed by atoms with E-state index in [0.29, 0.717) is 16.6 Å². The fourth-order valence-electron chi connectivity index (χ4n) is 6.93. The van der Waals surface area contributed by atoms with Gasteiger partial charge in [0.2, 0.25) is 0 Å². The molecule has 0 spiro atoms. The molecule has 0 radical (unpaired) electrons. The van der Waals surface area contributed by atoms with Crippen LogP contribution in [-0.4, -0.2) is 51.6 Å². The third-order valence-corrected chi connectivity index (χ3v) is 16.7. The van der Waals surface area contributed by atoms with Crippen molar-refractivity contribution in [3.8, 4) is 0 Å². The lowest BCUT2D eigenvalue weighted by atomic mass is 9.45. The maximum atomic E-state index is 6.98. The Labute approximate surface area is 248 Å². The first-order chi connectivity index (χ1) is 18.3. The molecule has 1 aromatic rings. The highest BCUT2D eigenvalue weighted by Gasteiger charge is 2.63. The second kappa shape index (κ2) is 12.2. The van der Waals surface area contributed by atoms with Crippen LogP contribution in [0.5, 0.6) is 0 Å². The Morgan fingerprint density at radius 2 is 1.02 bits per heavy atom. The quantitative estimate of drug-likeness (QED) is 0.185. The van der Waals surface area contributed by atoms with Gasteiger partial charge in [-0.15, -0.1) is 0 Å². The van der Waals surface area contributed by atoms with Crippen LogP contribution in [0.25, 0.3) is 0 Å². The van der Waals surface area contributed by atoms with E-state index in [-0.39, 0.29) is 11.6 Å². The Kier molecular flexibility index (Phi) is 10.3. The van der Waals surface area contributed by atoms with Gasteiger partial charge in [0, 0.05) is 12.3 Å². The molecule has 1 unspecified atom stereocenters. The van der Waals surface area contributed by atoms with Gasteiger partial charge in [-0.05, 0) is 96.3 Å². The minimum Gasteiger partial charge on any atom is -0.416 e. The third-order valence-electron chi connectivity index (χ3n) is 10.6. The molecule has 1 atom stereocenters. The smallest absolute Gasteiger partial charge is 0.416 e. The average Bonchev–Trinajstić information content (AvgIpc) is 3.16. The summed E-state index contributed by atoms with van der Waals surface area (Å²) in [5.74, 6) is 0.113. The van der Waals surface area contributed by atoms with Crippen LogP contribution < -0.4 is 0 Å². The van der Waals surface area contributed by atoms with Crippen LogP contribution in [0.2, 0.25) is 22.3 Å². The SMILES string of the molecule is CC(C)[Si](OCCCC(c1ccccc1)C(B1OC(C)(C)C(C)(C)O1)B1OC(C)(C)C(C)(C)O1)(C(C)C)C(C)C. The second-order valence-electron chi connectivity index (χ2n) is 15.2. The van der Waals surface area contributed by atoms with E-state index in [1.807, 2.05) is 0 Å². The molecule has 8 heteroatoms. The zero-order chi connectivity index (χ0) is 30.3. The Hall–Kier alpha value is -0.633. The summed E-state index contributed by atoms with van der Waals surface area (Å²) in [6.45, 7) is 31.8. The van der Waals surface area contributed by atoms with Crippen LogP contribution in [-0.2, 0) is 23.0 Å². The molecule has 2 heterocycles. The van der Waals surface area contributed by atoms with Crippen molar-refractivity contribution in [1.29, 1.82) is 0 Å². The molecule has 1 aromatic carbocycles. The van der Waals surface area contributed by atoms with Gasteiger partial charge in [0.15, 0.2) is 8.32 Å².